The van der Waals surface area contributed by atoms with Crippen LogP contribution in [0.15, 0.2) is 42.5 Å². The van der Waals surface area contributed by atoms with Crippen LogP contribution >= 0.6 is 0 Å². The van der Waals surface area contributed by atoms with Crippen molar-refractivity contribution < 1.29 is 31.1 Å². The van der Waals surface area contributed by atoms with Gasteiger partial charge in [-0.2, -0.15) is 13.2 Å². The van der Waals surface area contributed by atoms with Crippen molar-refractivity contribution in [3.05, 3.63) is 76.6 Å². The number of hydrogen-bond acceptors (Lipinski definition) is 1. The van der Waals surface area contributed by atoms with Crippen molar-refractivity contribution in [2.75, 3.05) is 6.61 Å². The minimum atomic E-state index is -4.74. The highest BCUT2D eigenvalue weighted by atomic mass is 19.4. The van der Waals surface area contributed by atoms with Gasteiger partial charge in [0.2, 0.25) is 0 Å². The molecule has 0 bridgehead atoms. The first-order valence-corrected chi connectivity index (χ1v) is 13.0. The monoisotopic (exact) mass is 532 g/mol. The summed E-state index contributed by atoms with van der Waals surface area (Å²) in [5.74, 6) is 2.36. The van der Waals surface area contributed by atoms with Gasteiger partial charge >= 0.3 is 6.18 Å². The molecule has 0 heterocycles. The maximum absolute atomic E-state index is 15.1. The van der Waals surface area contributed by atoms with E-state index in [1.165, 1.54) is 44.6 Å². The average molecular weight is 533 g/mol. The molecule has 38 heavy (non-hydrogen) atoms. The highest BCUT2D eigenvalue weighted by Gasteiger charge is 2.30. The van der Waals surface area contributed by atoms with E-state index in [4.69, 9.17) is 0 Å². The Kier molecular flexibility index (Phi) is 8.91. The fraction of sp³-hybridized carbons (Fsp3) is 0.419. The quantitative estimate of drug-likeness (QED) is 0.218. The van der Waals surface area contributed by atoms with Gasteiger partial charge in [-0.3, -0.25) is 0 Å². The Bertz CT molecular complexity index is 1300. The van der Waals surface area contributed by atoms with E-state index in [1.807, 2.05) is 12.1 Å². The van der Waals surface area contributed by atoms with Gasteiger partial charge in [-0.1, -0.05) is 81.6 Å². The average Bonchev–Trinajstić information content (AvgIpc) is 2.87. The number of fused-ring (bicyclic) bond motifs is 1. The molecule has 0 saturated heterocycles. The number of benzene rings is 3. The van der Waals surface area contributed by atoms with Gasteiger partial charge in [-0.05, 0) is 53.8 Å². The number of ether oxygens (including phenoxy) is 1. The lowest BCUT2D eigenvalue weighted by molar-refractivity contribution is -0.154. The molecule has 0 spiro atoms. The predicted octanol–water partition coefficient (Wildman–Crippen LogP) is 9.14. The molecule has 0 atom stereocenters. The number of aryl methyl sites for hydroxylation is 1. The van der Waals surface area contributed by atoms with E-state index in [9.17, 15) is 22.0 Å². The second-order valence-electron chi connectivity index (χ2n) is 10.1. The molecule has 0 unspecified atom stereocenters. The van der Waals surface area contributed by atoms with Crippen LogP contribution in [-0.2, 0) is 6.42 Å². The van der Waals surface area contributed by atoms with Crippen molar-refractivity contribution in [2.24, 2.45) is 11.8 Å². The zero-order valence-corrected chi connectivity index (χ0v) is 21.2. The molecule has 7 heteroatoms. The molecular weight excluding hydrogens is 502 g/mol. The van der Waals surface area contributed by atoms with E-state index in [2.05, 4.69) is 23.5 Å². The summed E-state index contributed by atoms with van der Waals surface area (Å²) in [6, 6.07) is 10.4. The summed E-state index contributed by atoms with van der Waals surface area (Å²) in [6.07, 6.45) is 5.13. The van der Waals surface area contributed by atoms with Crippen LogP contribution in [0, 0.1) is 41.1 Å². The number of rotatable bonds is 7. The van der Waals surface area contributed by atoms with Crippen LogP contribution in [0.3, 0.4) is 0 Å². The third-order valence-corrected chi connectivity index (χ3v) is 7.24. The second kappa shape index (κ2) is 12.1. The topological polar surface area (TPSA) is 9.23 Å². The Balaban J connectivity index is 1.43. The molecule has 3 aromatic rings. The van der Waals surface area contributed by atoms with Crippen LogP contribution < -0.4 is 4.74 Å². The Labute approximate surface area is 219 Å². The SMILES string of the molecule is CCCC1CCC(CCc2ccc3c(F)c(C#Cc4cc(F)c(OCC(F)(F)F)c(F)c4)ccc3c2)CC1. The Hall–Kier alpha value is -3.14. The van der Waals surface area contributed by atoms with Gasteiger partial charge in [0, 0.05) is 10.9 Å². The zero-order valence-electron chi connectivity index (χ0n) is 21.2. The van der Waals surface area contributed by atoms with E-state index < -0.39 is 36.0 Å². The summed E-state index contributed by atoms with van der Waals surface area (Å²) in [5, 5.41) is 1.15. The molecule has 0 aromatic heterocycles. The van der Waals surface area contributed by atoms with Crippen molar-refractivity contribution >= 4 is 10.8 Å². The van der Waals surface area contributed by atoms with Crippen molar-refractivity contribution in [2.45, 2.75) is 64.5 Å². The first-order valence-electron chi connectivity index (χ1n) is 13.0. The predicted molar refractivity (Wildman–Crippen MR) is 136 cm³/mol. The van der Waals surface area contributed by atoms with Crippen LogP contribution in [0.2, 0.25) is 0 Å². The standard InChI is InChI=1S/C31H30F6O/c1-2-3-20-4-6-21(7-5-20)8-9-22-11-15-26-25(16-22)14-13-24(29(26)34)12-10-23-17-27(32)30(28(33)18-23)38-19-31(35,36)37/h11,13-18,20-21H,2-9,19H2,1H3. The molecule has 1 fully saturated rings. The van der Waals surface area contributed by atoms with Gasteiger partial charge in [-0.25, -0.2) is 13.2 Å². The summed E-state index contributed by atoms with van der Waals surface area (Å²) in [7, 11) is 0. The van der Waals surface area contributed by atoms with Gasteiger partial charge < -0.3 is 4.74 Å². The fourth-order valence-electron chi connectivity index (χ4n) is 5.24. The van der Waals surface area contributed by atoms with Crippen LogP contribution in [0.1, 0.15) is 68.6 Å². The molecule has 1 nitrogen and oxygen atoms in total. The van der Waals surface area contributed by atoms with E-state index >= 15 is 4.39 Å². The number of alkyl halides is 3. The molecule has 1 aliphatic rings. The second-order valence-corrected chi connectivity index (χ2v) is 10.1. The third kappa shape index (κ3) is 7.24. The molecule has 1 saturated carbocycles. The first kappa shape index (κ1) is 27.9. The summed E-state index contributed by atoms with van der Waals surface area (Å²) in [6.45, 7) is 0.421. The maximum atomic E-state index is 15.1. The van der Waals surface area contributed by atoms with Crippen LogP contribution in [0.25, 0.3) is 10.8 Å². The van der Waals surface area contributed by atoms with E-state index in [-0.39, 0.29) is 11.1 Å². The van der Waals surface area contributed by atoms with Gasteiger partial charge in [-0.15, -0.1) is 0 Å². The summed E-state index contributed by atoms with van der Waals surface area (Å²) < 4.78 is 84.4. The lowest BCUT2D eigenvalue weighted by atomic mass is 9.78. The molecule has 4 rings (SSSR count). The van der Waals surface area contributed by atoms with Crippen LogP contribution in [-0.4, -0.2) is 12.8 Å². The molecule has 1 aliphatic carbocycles. The highest BCUT2D eigenvalue weighted by Crippen LogP contribution is 2.34. The van der Waals surface area contributed by atoms with Crippen molar-refractivity contribution in [3.63, 3.8) is 0 Å². The molecule has 202 valence electrons. The highest BCUT2D eigenvalue weighted by molar-refractivity contribution is 5.85. The number of halogens is 6. The molecule has 0 aliphatic heterocycles. The molecular formula is C31H30F6O. The first-order chi connectivity index (χ1) is 18.1. The zero-order chi connectivity index (χ0) is 27.3. The van der Waals surface area contributed by atoms with E-state index in [0.29, 0.717) is 5.39 Å². The van der Waals surface area contributed by atoms with Gasteiger partial charge in [0.1, 0.15) is 5.82 Å². The van der Waals surface area contributed by atoms with Gasteiger partial charge in [0.25, 0.3) is 0 Å². The van der Waals surface area contributed by atoms with Gasteiger partial charge in [0.05, 0.1) is 5.56 Å². The summed E-state index contributed by atoms with van der Waals surface area (Å²) in [5.41, 5.74) is 1.05. The normalized spacial score (nSPS) is 17.8. The summed E-state index contributed by atoms with van der Waals surface area (Å²) >= 11 is 0. The van der Waals surface area contributed by atoms with Crippen molar-refractivity contribution in [1.29, 1.82) is 0 Å². The largest absolute Gasteiger partial charge is 0.478 e. The Morgan fingerprint density at radius 2 is 1.50 bits per heavy atom. The smallest absolute Gasteiger partial charge is 0.422 e. The van der Waals surface area contributed by atoms with Gasteiger partial charge in [0.15, 0.2) is 24.0 Å². The van der Waals surface area contributed by atoms with E-state index in [1.54, 1.807) is 12.1 Å². The molecule has 0 radical (unpaired) electrons. The Morgan fingerprint density at radius 3 is 2.13 bits per heavy atom. The molecule has 3 aromatic carbocycles. The van der Waals surface area contributed by atoms with Crippen molar-refractivity contribution in [3.8, 4) is 17.6 Å². The van der Waals surface area contributed by atoms with Crippen molar-refractivity contribution in [1.82, 2.24) is 0 Å². The third-order valence-electron chi connectivity index (χ3n) is 7.24. The van der Waals surface area contributed by atoms with E-state index in [0.717, 1.165) is 47.8 Å². The van der Waals surface area contributed by atoms with Crippen LogP contribution in [0.5, 0.6) is 5.75 Å². The van der Waals surface area contributed by atoms with Crippen LogP contribution in [0.4, 0.5) is 26.3 Å². The fourth-order valence-corrected chi connectivity index (χ4v) is 5.24. The lowest BCUT2D eigenvalue weighted by Gasteiger charge is -2.28. The summed E-state index contributed by atoms with van der Waals surface area (Å²) in [4.78, 5) is 0. The number of hydrogen-bond donors (Lipinski definition) is 0. The molecule has 0 N–H and O–H groups in total. The molecule has 0 amide bonds. The lowest BCUT2D eigenvalue weighted by Crippen LogP contribution is -2.20. The minimum Gasteiger partial charge on any atom is -0.478 e. The Morgan fingerprint density at radius 1 is 0.842 bits per heavy atom. The minimum absolute atomic E-state index is 0.0484. The maximum Gasteiger partial charge on any atom is 0.422 e.